The van der Waals surface area contributed by atoms with Gasteiger partial charge in [0, 0.05) is 49.9 Å². The number of carbonyl (C=O) groups excluding carboxylic acids is 1. The molecular formula is C26H33N7O. The fourth-order valence-electron chi connectivity index (χ4n) is 4.93. The number of likely N-dealkylation sites (N-methyl/N-ethyl adjacent to an activating group) is 1. The van der Waals surface area contributed by atoms with E-state index in [9.17, 15) is 4.79 Å². The lowest BCUT2D eigenvalue weighted by Crippen LogP contribution is -2.44. The van der Waals surface area contributed by atoms with Crippen LogP contribution in [-0.4, -0.2) is 76.6 Å². The standard InChI is InChI=1S/C26H33N7O/c1-20-27-12-14-33(20)25-7-3-5-23(29-25)24-6-4-13-32(24)19-26(34)28-21-8-10-22(11-9-21)31-17-15-30(2)16-18-31/h3,5,7-12,14,24H,4,6,13,15-19H2,1-2H3,(H,28,34)/t24-/m0/s1. The number of carbonyl (C=O) groups is 1. The van der Waals surface area contributed by atoms with Gasteiger partial charge in [0.15, 0.2) is 0 Å². The third kappa shape index (κ3) is 4.98. The quantitative estimate of drug-likeness (QED) is 0.611. The molecule has 4 heterocycles. The minimum Gasteiger partial charge on any atom is -0.369 e. The number of amides is 1. The molecule has 3 aromatic rings. The van der Waals surface area contributed by atoms with E-state index in [1.807, 2.05) is 42.0 Å². The zero-order valence-electron chi connectivity index (χ0n) is 20.0. The van der Waals surface area contributed by atoms with Gasteiger partial charge in [0.2, 0.25) is 5.91 Å². The maximum atomic E-state index is 12.9. The van der Waals surface area contributed by atoms with Gasteiger partial charge in [-0.15, -0.1) is 0 Å². The molecule has 0 spiro atoms. The number of nitrogens with zero attached hydrogens (tertiary/aromatic N) is 6. The van der Waals surface area contributed by atoms with Crippen LogP contribution >= 0.6 is 0 Å². The lowest BCUT2D eigenvalue weighted by atomic mass is 10.1. The van der Waals surface area contributed by atoms with Crippen LogP contribution in [0.1, 0.15) is 30.4 Å². The van der Waals surface area contributed by atoms with E-state index >= 15 is 0 Å². The molecule has 178 valence electrons. The van der Waals surface area contributed by atoms with E-state index in [-0.39, 0.29) is 11.9 Å². The first-order chi connectivity index (χ1) is 16.6. The van der Waals surface area contributed by atoms with Crippen molar-refractivity contribution in [2.24, 2.45) is 0 Å². The Labute approximate surface area is 201 Å². The molecule has 0 bridgehead atoms. The summed E-state index contributed by atoms with van der Waals surface area (Å²) in [6.45, 7) is 7.46. The second kappa shape index (κ2) is 9.95. The monoisotopic (exact) mass is 459 g/mol. The number of benzene rings is 1. The van der Waals surface area contributed by atoms with Gasteiger partial charge in [0.25, 0.3) is 0 Å². The average molecular weight is 460 g/mol. The van der Waals surface area contributed by atoms with Crippen LogP contribution in [0.5, 0.6) is 0 Å². The van der Waals surface area contributed by atoms with Crippen molar-refractivity contribution in [2.75, 3.05) is 56.5 Å². The minimum absolute atomic E-state index is 0.0147. The molecule has 2 saturated heterocycles. The maximum absolute atomic E-state index is 12.9. The Balaban J connectivity index is 1.21. The van der Waals surface area contributed by atoms with Gasteiger partial charge >= 0.3 is 0 Å². The average Bonchev–Trinajstić information content (AvgIpc) is 3.49. The van der Waals surface area contributed by atoms with Gasteiger partial charge < -0.3 is 15.1 Å². The van der Waals surface area contributed by atoms with Gasteiger partial charge in [0.05, 0.1) is 18.3 Å². The first-order valence-electron chi connectivity index (χ1n) is 12.1. The molecule has 2 fully saturated rings. The Morgan fingerprint density at radius 3 is 2.59 bits per heavy atom. The number of piperazine rings is 1. The Morgan fingerprint density at radius 2 is 1.85 bits per heavy atom. The number of aryl methyl sites for hydroxylation is 1. The first-order valence-corrected chi connectivity index (χ1v) is 12.1. The fraction of sp³-hybridized carbons (Fsp3) is 0.423. The zero-order chi connectivity index (χ0) is 23.5. The van der Waals surface area contributed by atoms with E-state index in [1.165, 1.54) is 5.69 Å². The second-order valence-corrected chi connectivity index (χ2v) is 9.28. The number of imidazole rings is 1. The number of aromatic nitrogens is 3. The molecular weight excluding hydrogens is 426 g/mol. The molecule has 8 heteroatoms. The van der Waals surface area contributed by atoms with Crippen LogP contribution in [-0.2, 0) is 4.79 Å². The van der Waals surface area contributed by atoms with E-state index in [1.54, 1.807) is 6.20 Å². The van der Waals surface area contributed by atoms with Gasteiger partial charge in [-0.1, -0.05) is 6.07 Å². The molecule has 34 heavy (non-hydrogen) atoms. The molecule has 0 saturated carbocycles. The number of anilines is 2. The smallest absolute Gasteiger partial charge is 0.238 e. The van der Waals surface area contributed by atoms with Crippen LogP contribution in [0.25, 0.3) is 5.82 Å². The highest BCUT2D eigenvalue weighted by molar-refractivity contribution is 5.92. The summed E-state index contributed by atoms with van der Waals surface area (Å²) >= 11 is 0. The molecule has 1 amide bonds. The van der Waals surface area contributed by atoms with Gasteiger partial charge in [-0.25, -0.2) is 9.97 Å². The second-order valence-electron chi connectivity index (χ2n) is 9.28. The normalized spacial score (nSPS) is 19.5. The number of nitrogens with one attached hydrogen (secondary N) is 1. The summed E-state index contributed by atoms with van der Waals surface area (Å²) in [5, 5.41) is 3.08. The third-order valence-electron chi connectivity index (χ3n) is 6.90. The summed E-state index contributed by atoms with van der Waals surface area (Å²) in [6.07, 6.45) is 5.78. The van der Waals surface area contributed by atoms with Crippen LogP contribution in [0.15, 0.2) is 54.9 Å². The number of pyridine rings is 1. The largest absolute Gasteiger partial charge is 0.369 e. The van der Waals surface area contributed by atoms with Gasteiger partial charge in [0.1, 0.15) is 11.6 Å². The van der Waals surface area contributed by atoms with Crippen molar-refractivity contribution in [1.82, 2.24) is 24.3 Å². The van der Waals surface area contributed by atoms with Crippen molar-refractivity contribution in [3.63, 3.8) is 0 Å². The van der Waals surface area contributed by atoms with Crippen molar-refractivity contribution in [1.29, 1.82) is 0 Å². The van der Waals surface area contributed by atoms with Crippen molar-refractivity contribution in [3.8, 4) is 5.82 Å². The predicted molar refractivity (Wildman–Crippen MR) is 134 cm³/mol. The first kappa shape index (κ1) is 22.6. The van der Waals surface area contributed by atoms with Crippen LogP contribution in [0.2, 0.25) is 0 Å². The van der Waals surface area contributed by atoms with Crippen LogP contribution in [0.4, 0.5) is 11.4 Å². The SMILES string of the molecule is Cc1nccn1-c1cccc([C@@H]2CCCN2CC(=O)Nc2ccc(N3CCN(C)CC3)cc2)n1. The Bertz CT molecular complexity index is 1120. The molecule has 5 rings (SSSR count). The molecule has 1 atom stereocenters. The van der Waals surface area contributed by atoms with E-state index in [4.69, 9.17) is 4.98 Å². The number of hydrogen-bond acceptors (Lipinski definition) is 6. The summed E-state index contributed by atoms with van der Waals surface area (Å²) in [6, 6.07) is 14.5. The highest BCUT2D eigenvalue weighted by Crippen LogP contribution is 2.31. The molecule has 2 aromatic heterocycles. The summed E-state index contributed by atoms with van der Waals surface area (Å²) in [5.74, 6) is 1.79. The minimum atomic E-state index is 0.0147. The Hall–Kier alpha value is -3.23. The summed E-state index contributed by atoms with van der Waals surface area (Å²) in [7, 11) is 2.16. The molecule has 0 unspecified atom stereocenters. The lowest BCUT2D eigenvalue weighted by Gasteiger charge is -2.34. The Kier molecular flexibility index (Phi) is 6.60. The topological polar surface area (TPSA) is 69.5 Å². The van der Waals surface area contributed by atoms with Crippen molar-refractivity contribution in [3.05, 3.63) is 66.4 Å². The molecule has 2 aliphatic heterocycles. The molecule has 1 N–H and O–H groups in total. The van der Waals surface area contributed by atoms with Gasteiger partial charge in [-0.3, -0.25) is 14.3 Å². The van der Waals surface area contributed by atoms with Crippen LogP contribution < -0.4 is 10.2 Å². The van der Waals surface area contributed by atoms with Gasteiger partial charge in [-0.2, -0.15) is 0 Å². The highest BCUT2D eigenvalue weighted by Gasteiger charge is 2.29. The van der Waals surface area contributed by atoms with Crippen molar-refractivity contribution in [2.45, 2.75) is 25.8 Å². The van der Waals surface area contributed by atoms with E-state index in [0.29, 0.717) is 6.54 Å². The van der Waals surface area contributed by atoms with Crippen molar-refractivity contribution < 1.29 is 4.79 Å². The highest BCUT2D eigenvalue weighted by atomic mass is 16.2. The number of hydrogen-bond donors (Lipinski definition) is 1. The predicted octanol–water partition coefficient (Wildman–Crippen LogP) is 3.10. The molecule has 2 aliphatic rings. The lowest BCUT2D eigenvalue weighted by molar-refractivity contribution is -0.117. The van der Waals surface area contributed by atoms with Crippen LogP contribution in [0, 0.1) is 6.92 Å². The molecule has 0 radical (unpaired) electrons. The molecule has 8 nitrogen and oxygen atoms in total. The van der Waals surface area contributed by atoms with Gasteiger partial charge in [-0.05, 0) is 69.8 Å². The van der Waals surface area contributed by atoms with E-state index < -0.39 is 0 Å². The third-order valence-corrected chi connectivity index (χ3v) is 6.90. The zero-order valence-corrected chi connectivity index (χ0v) is 20.0. The van der Waals surface area contributed by atoms with Crippen LogP contribution in [0.3, 0.4) is 0 Å². The summed E-state index contributed by atoms with van der Waals surface area (Å²) in [4.78, 5) is 29.1. The van der Waals surface area contributed by atoms with Crippen molar-refractivity contribution >= 4 is 17.3 Å². The summed E-state index contributed by atoms with van der Waals surface area (Å²) < 4.78 is 1.99. The maximum Gasteiger partial charge on any atom is 0.238 e. The number of likely N-dealkylation sites (tertiary alicyclic amines) is 1. The van der Waals surface area contributed by atoms with E-state index in [2.05, 4.69) is 50.2 Å². The Morgan fingerprint density at radius 1 is 1.06 bits per heavy atom. The molecule has 0 aliphatic carbocycles. The summed E-state index contributed by atoms with van der Waals surface area (Å²) in [5.41, 5.74) is 3.06. The van der Waals surface area contributed by atoms with E-state index in [0.717, 1.165) is 68.6 Å². The fourth-order valence-corrected chi connectivity index (χ4v) is 4.93. The number of rotatable bonds is 6. The molecule has 1 aromatic carbocycles.